The number of anilines is 1. The van der Waals surface area contributed by atoms with Gasteiger partial charge in [0, 0.05) is 11.8 Å². The number of amides is 1. The van der Waals surface area contributed by atoms with Crippen LogP contribution in [0.3, 0.4) is 0 Å². The van der Waals surface area contributed by atoms with Crippen LogP contribution in [0.15, 0.2) is 30.6 Å². The third kappa shape index (κ3) is 3.28. The monoisotopic (exact) mass is 274 g/mol. The summed E-state index contributed by atoms with van der Waals surface area (Å²) >= 11 is 0. The van der Waals surface area contributed by atoms with Gasteiger partial charge in [0.15, 0.2) is 0 Å². The van der Waals surface area contributed by atoms with E-state index in [0.29, 0.717) is 0 Å². The van der Waals surface area contributed by atoms with Gasteiger partial charge in [0.1, 0.15) is 12.3 Å². The van der Waals surface area contributed by atoms with Crippen molar-refractivity contribution in [3.63, 3.8) is 0 Å². The molecule has 0 saturated heterocycles. The fraction of sp³-hybridized carbons (Fsp3) is 0.286. The van der Waals surface area contributed by atoms with Crippen LogP contribution in [0, 0.1) is 6.92 Å². The van der Waals surface area contributed by atoms with E-state index >= 15 is 0 Å². The van der Waals surface area contributed by atoms with Gasteiger partial charge in [0.25, 0.3) is 0 Å². The fourth-order valence-corrected chi connectivity index (χ4v) is 2.03. The Morgan fingerprint density at radius 1 is 1.55 bits per heavy atom. The molecule has 6 heteroatoms. The topological polar surface area (TPSA) is 93.2 Å². The molecule has 1 aromatic heterocycles. The van der Waals surface area contributed by atoms with E-state index in [1.807, 2.05) is 26.0 Å². The molecule has 0 bridgehead atoms. The Bertz CT molecular complexity index is 621. The average molecular weight is 274 g/mol. The molecular weight excluding hydrogens is 256 g/mol. The highest BCUT2D eigenvalue weighted by molar-refractivity contribution is 5.73. The number of nitrogens with zero attached hydrogens (tertiary/aromatic N) is 2. The van der Waals surface area contributed by atoms with Crippen LogP contribution in [0.5, 0.6) is 5.75 Å². The van der Waals surface area contributed by atoms with Crippen LogP contribution in [0.4, 0.5) is 5.69 Å². The highest BCUT2D eigenvalue weighted by atomic mass is 16.3. The van der Waals surface area contributed by atoms with Crippen LogP contribution in [-0.4, -0.2) is 20.8 Å². The first-order valence-electron chi connectivity index (χ1n) is 6.32. The molecule has 0 aliphatic carbocycles. The number of aromatic hydroxyl groups is 1. The Labute approximate surface area is 117 Å². The lowest BCUT2D eigenvalue weighted by Crippen LogP contribution is -2.18. The Hall–Kier alpha value is -2.50. The van der Waals surface area contributed by atoms with E-state index in [1.165, 1.54) is 4.68 Å². The van der Waals surface area contributed by atoms with Crippen molar-refractivity contribution in [1.29, 1.82) is 0 Å². The maximum Gasteiger partial charge on any atom is 0.239 e. The van der Waals surface area contributed by atoms with Crippen LogP contribution in [0.25, 0.3) is 0 Å². The highest BCUT2D eigenvalue weighted by Gasteiger charge is 2.11. The number of hydrogen-bond donors (Lipinski definition) is 3. The lowest BCUT2D eigenvalue weighted by atomic mass is 10.1. The van der Waals surface area contributed by atoms with Gasteiger partial charge in [-0.25, -0.2) is 0 Å². The molecule has 1 atom stereocenters. The summed E-state index contributed by atoms with van der Waals surface area (Å²) in [5.41, 5.74) is 7.68. The van der Waals surface area contributed by atoms with Crippen LogP contribution >= 0.6 is 0 Å². The quantitative estimate of drug-likeness (QED) is 0.771. The molecule has 4 N–H and O–H groups in total. The molecule has 1 aromatic carbocycles. The van der Waals surface area contributed by atoms with E-state index in [1.54, 1.807) is 18.5 Å². The Kier molecular flexibility index (Phi) is 3.93. The van der Waals surface area contributed by atoms with Crippen LogP contribution in [0.2, 0.25) is 0 Å². The van der Waals surface area contributed by atoms with Crippen LogP contribution in [-0.2, 0) is 11.3 Å². The molecule has 0 aliphatic heterocycles. The van der Waals surface area contributed by atoms with E-state index < -0.39 is 5.91 Å². The predicted octanol–water partition coefficient (Wildman–Crippen LogP) is 1.56. The number of rotatable bonds is 5. The number of carbonyl (C=O) groups is 1. The maximum absolute atomic E-state index is 10.8. The van der Waals surface area contributed by atoms with Gasteiger partial charge >= 0.3 is 0 Å². The first-order chi connectivity index (χ1) is 9.45. The number of aryl methyl sites for hydroxylation is 1. The number of hydrogen-bond acceptors (Lipinski definition) is 4. The largest absolute Gasteiger partial charge is 0.508 e. The first-order valence-corrected chi connectivity index (χ1v) is 6.32. The van der Waals surface area contributed by atoms with Crippen molar-refractivity contribution in [2.75, 3.05) is 5.32 Å². The van der Waals surface area contributed by atoms with Crippen molar-refractivity contribution < 1.29 is 9.90 Å². The van der Waals surface area contributed by atoms with E-state index in [2.05, 4.69) is 10.4 Å². The molecule has 0 saturated carbocycles. The Morgan fingerprint density at radius 2 is 2.30 bits per heavy atom. The number of phenols is 1. The van der Waals surface area contributed by atoms with Crippen molar-refractivity contribution in [3.05, 3.63) is 41.7 Å². The number of benzene rings is 1. The van der Waals surface area contributed by atoms with Gasteiger partial charge in [-0.05, 0) is 25.5 Å². The SMILES string of the molecule is Cc1ccc(C(C)Nc2cnn(CC(N)=O)c2)c(O)c1. The van der Waals surface area contributed by atoms with Crippen molar-refractivity contribution in [1.82, 2.24) is 9.78 Å². The normalized spacial score (nSPS) is 12.1. The molecule has 20 heavy (non-hydrogen) atoms. The maximum atomic E-state index is 10.8. The van der Waals surface area contributed by atoms with Gasteiger partial charge in [0.2, 0.25) is 5.91 Å². The molecule has 0 aliphatic rings. The molecule has 0 radical (unpaired) electrons. The summed E-state index contributed by atoms with van der Waals surface area (Å²) in [7, 11) is 0. The van der Waals surface area contributed by atoms with E-state index in [9.17, 15) is 9.90 Å². The summed E-state index contributed by atoms with van der Waals surface area (Å²) in [5, 5.41) is 17.2. The number of aromatic nitrogens is 2. The predicted molar refractivity (Wildman–Crippen MR) is 76.3 cm³/mol. The summed E-state index contributed by atoms with van der Waals surface area (Å²) in [6.45, 7) is 3.91. The zero-order chi connectivity index (χ0) is 14.7. The fourth-order valence-electron chi connectivity index (χ4n) is 2.03. The molecule has 106 valence electrons. The third-order valence-electron chi connectivity index (χ3n) is 2.99. The minimum Gasteiger partial charge on any atom is -0.508 e. The summed E-state index contributed by atoms with van der Waals surface area (Å²) in [6.07, 6.45) is 3.32. The average Bonchev–Trinajstić information content (AvgIpc) is 2.75. The number of carbonyl (C=O) groups excluding carboxylic acids is 1. The molecule has 2 rings (SSSR count). The second-order valence-electron chi connectivity index (χ2n) is 4.82. The molecule has 0 spiro atoms. The number of phenolic OH excluding ortho intramolecular Hbond substituents is 1. The second kappa shape index (κ2) is 5.64. The zero-order valence-electron chi connectivity index (χ0n) is 11.5. The Balaban J connectivity index is 2.09. The summed E-state index contributed by atoms with van der Waals surface area (Å²) in [4.78, 5) is 10.8. The van der Waals surface area contributed by atoms with Crippen LogP contribution in [0.1, 0.15) is 24.1 Å². The van der Waals surface area contributed by atoms with Gasteiger partial charge in [-0.15, -0.1) is 0 Å². The summed E-state index contributed by atoms with van der Waals surface area (Å²) < 4.78 is 1.46. The smallest absolute Gasteiger partial charge is 0.239 e. The van der Waals surface area contributed by atoms with E-state index in [-0.39, 0.29) is 18.3 Å². The molecule has 1 unspecified atom stereocenters. The lowest BCUT2D eigenvalue weighted by Gasteiger charge is -2.15. The summed E-state index contributed by atoms with van der Waals surface area (Å²) in [6, 6.07) is 5.48. The molecular formula is C14H18N4O2. The Morgan fingerprint density at radius 3 is 2.95 bits per heavy atom. The number of nitrogens with two attached hydrogens (primary N) is 1. The lowest BCUT2D eigenvalue weighted by molar-refractivity contribution is -0.118. The van der Waals surface area contributed by atoms with Crippen molar-refractivity contribution in [2.24, 2.45) is 5.73 Å². The second-order valence-corrected chi connectivity index (χ2v) is 4.82. The van der Waals surface area contributed by atoms with Crippen molar-refractivity contribution >= 4 is 11.6 Å². The molecule has 1 amide bonds. The van der Waals surface area contributed by atoms with Crippen molar-refractivity contribution in [3.8, 4) is 5.75 Å². The zero-order valence-corrected chi connectivity index (χ0v) is 11.5. The highest BCUT2D eigenvalue weighted by Crippen LogP contribution is 2.27. The van der Waals surface area contributed by atoms with Crippen LogP contribution < -0.4 is 11.1 Å². The third-order valence-corrected chi connectivity index (χ3v) is 2.99. The van der Waals surface area contributed by atoms with E-state index in [0.717, 1.165) is 16.8 Å². The van der Waals surface area contributed by atoms with Gasteiger partial charge < -0.3 is 16.2 Å². The van der Waals surface area contributed by atoms with Gasteiger partial charge in [-0.2, -0.15) is 5.10 Å². The summed E-state index contributed by atoms with van der Waals surface area (Å²) in [5.74, 6) is -0.182. The molecule has 1 heterocycles. The molecule has 6 nitrogen and oxygen atoms in total. The first kappa shape index (κ1) is 13.9. The molecule has 2 aromatic rings. The molecule has 0 fully saturated rings. The van der Waals surface area contributed by atoms with Crippen molar-refractivity contribution in [2.45, 2.75) is 26.4 Å². The van der Waals surface area contributed by atoms with Gasteiger partial charge in [-0.3, -0.25) is 9.48 Å². The van der Waals surface area contributed by atoms with Gasteiger partial charge in [-0.1, -0.05) is 12.1 Å². The minimum atomic E-state index is -0.441. The number of nitrogens with one attached hydrogen (secondary N) is 1. The van der Waals surface area contributed by atoms with Gasteiger partial charge in [0.05, 0.1) is 17.9 Å². The van der Waals surface area contributed by atoms with E-state index in [4.69, 9.17) is 5.73 Å². The number of primary amides is 1. The minimum absolute atomic E-state index is 0.0475. The standard InChI is InChI=1S/C14H18N4O2/c1-9-3-4-12(13(19)5-9)10(2)17-11-6-16-18(7-11)8-14(15)20/h3-7,10,17,19H,8H2,1-2H3,(H2,15,20).